The zero-order valence-corrected chi connectivity index (χ0v) is 23.0. The van der Waals surface area contributed by atoms with Gasteiger partial charge in [-0.1, -0.05) is 66.8 Å². The van der Waals surface area contributed by atoms with E-state index in [1.807, 2.05) is 47.4 Å². The van der Waals surface area contributed by atoms with Crippen molar-refractivity contribution in [3.63, 3.8) is 0 Å². The Morgan fingerprint density at radius 1 is 1.03 bits per heavy atom. The summed E-state index contributed by atoms with van der Waals surface area (Å²) in [6.45, 7) is 5.55. The second kappa shape index (κ2) is 12.9. The fourth-order valence-corrected chi connectivity index (χ4v) is 5.16. The highest BCUT2D eigenvalue weighted by atomic mass is 16.2. The normalized spacial score (nSPS) is 19.2. The van der Waals surface area contributed by atoms with Crippen LogP contribution in [-0.2, 0) is 0 Å². The number of anilines is 1. The summed E-state index contributed by atoms with van der Waals surface area (Å²) in [6.07, 6.45) is 8.39. The van der Waals surface area contributed by atoms with Crippen molar-refractivity contribution in [1.82, 2.24) is 20.0 Å². The molecule has 2 N–H and O–H groups in total. The van der Waals surface area contributed by atoms with Crippen molar-refractivity contribution in [3.05, 3.63) is 78.4 Å². The number of benzene rings is 2. The molecule has 1 aliphatic carbocycles. The van der Waals surface area contributed by atoms with Gasteiger partial charge in [-0.05, 0) is 45.1 Å². The molecule has 2 aliphatic heterocycles. The molecule has 204 valence electrons. The summed E-state index contributed by atoms with van der Waals surface area (Å²) >= 11 is 0. The van der Waals surface area contributed by atoms with Gasteiger partial charge in [-0.25, -0.2) is 9.79 Å². The number of para-hydroxylation sites is 1. The number of carbonyl (C=O) groups excluding carboxylic acids is 1. The standard InChI is InChI=1S/C31H39N7O/c1-36(2)18-10-17-32-30-26-14-7-9-16-28(26)33-29(35-30)23-37-19-21-38(22-20-37)31(39)34-27-15-8-6-13-25(27)24-11-4-3-5-12-24/h3-9,11-15,28H,10,16-23H2,1-2H3,(H,34,39)(H,32,33,35). The molecule has 0 saturated carbocycles. The lowest BCUT2D eigenvalue weighted by atomic mass is 9.97. The number of fused-ring (bicyclic) bond motifs is 1. The van der Waals surface area contributed by atoms with Gasteiger partial charge in [0.1, 0.15) is 11.7 Å². The number of carbonyl (C=O) groups is 1. The molecule has 0 spiro atoms. The maximum Gasteiger partial charge on any atom is 0.321 e. The number of hydrogen-bond acceptors (Lipinski definition) is 6. The SMILES string of the molecule is CN(C)CCCNC1=NC(CN2CCN(C(=O)Nc3ccccc3-c3ccccc3)CC2)=NC2CC=CC=C12. The van der Waals surface area contributed by atoms with Crippen LogP contribution in [0, 0.1) is 0 Å². The van der Waals surface area contributed by atoms with Crippen molar-refractivity contribution in [2.75, 3.05) is 65.2 Å². The first-order valence-electron chi connectivity index (χ1n) is 13.9. The lowest BCUT2D eigenvalue weighted by Gasteiger charge is -2.35. The Morgan fingerprint density at radius 2 is 1.79 bits per heavy atom. The molecule has 8 nitrogen and oxygen atoms in total. The van der Waals surface area contributed by atoms with Crippen LogP contribution in [0.3, 0.4) is 0 Å². The number of nitrogens with one attached hydrogen (secondary N) is 2. The summed E-state index contributed by atoms with van der Waals surface area (Å²) in [5.41, 5.74) is 4.13. The van der Waals surface area contributed by atoms with Crippen molar-refractivity contribution in [2.24, 2.45) is 9.98 Å². The first-order chi connectivity index (χ1) is 19.1. The van der Waals surface area contributed by atoms with Gasteiger partial charge in [0, 0.05) is 43.9 Å². The summed E-state index contributed by atoms with van der Waals surface area (Å²) in [5, 5.41) is 6.71. The number of nitrogens with zero attached hydrogens (tertiary/aromatic N) is 5. The largest absolute Gasteiger partial charge is 0.370 e. The average molecular weight is 526 g/mol. The van der Waals surface area contributed by atoms with E-state index in [0.29, 0.717) is 19.6 Å². The summed E-state index contributed by atoms with van der Waals surface area (Å²) < 4.78 is 0. The van der Waals surface area contributed by atoms with Crippen LogP contribution in [-0.4, -0.2) is 98.4 Å². The number of aliphatic imine (C=N–C) groups is 2. The van der Waals surface area contributed by atoms with Crippen molar-refractivity contribution in [1.29, 1.82) is 0 Å². The molecule has 0 aromatic heterocycles. The molecule has 2 amide bonds. The Hall–Kier alpha value is -3.75. The summed E-state index contributed by atoms with van der Waals surface area (Å²) in [5.74, 6) is 1.83. The molecule has 2 aromatic rings. The second-order valence-corrected chi connectivity index (χ2v) is 10.5. The number of hydrogen-bond donors (Lipinski definition) is 2. The first kappa shape index (κ1) is 26.8. The monoisotopic (exact) mass is 525 g/mol. The van der Waals surface area contributed by atoms with Gasteiger partial charge >= 0.3 is 6.03 Å². The number of allylic oxidation sites excluding steroid dienone is 2. The lowest BCUT2D eigenvalue weighted by molar-refractivity contribution is 0.158. The van der Waals surface area contributed by atoms with Crippen LogP contribution in [0.5, 0.6) is 0 Å². The van der Waals surface area contributed by atoms with Crippen molar-refractivity contribution < 1.29 is 4.79 Å². The zero-order chi connectivity index (χ0) is 27.0. The maximum atomic E-state index is 13.1. The fraction of sp³-hybridized carbons (Fsp3) is 0.387. The molecule has 1 unspecified atom stereocenters. The summed E-state index contributed by atoms with van der Waals surface area (Å²) in [6, 6.07) is 18.2. The molecule has 3 aliphatic rings. The lowest BCUT2D eigenvalue weighted by Crippen LogP contribution is -2.51. The van der Waals surface area contributed by atoms with E-state index >= 15 is 0 Å². The van der Waals surface area contributed by atoms with E-state index in [-0.39, 0.29) is 12.1 Å². The van der Waals surface area contributed by atoms with Crippen LogP contribution in [0.4, 0.5) is 10.5 Å². The Bertz CT molecular complexity index is 1260. The number of amides is 2. The molecule has 1 atom stereocenters. The first-order valence-corrected chi connectivity index (χ1v) is 13.9. The molecule has 1 fully saturated rings. The van der Waals surface area contributed by atoms with Gasteiger partial charge in [-0.2, -0.15) is 0 Å². The van der Waals surface area contributed by atoms with E-state index < -0.39 is 0 Å². The van der Waals surface area contributed by atoms with Gasteiger partial charge in [0.15, 0.2) is 0 Å². The van der Waals surface area contributed by atoms with E-state index in [1.54, 1.807) is 0 Å². The molecule has 5 rings (SSSR count). The van der Waals surface area contributed by atoms with Gasteiger partial charge in [0.25, 0.3) is 0 Å². The van der Waals surface area contributed by atoms with Gasteiger partial charge in [0.2, 0.25) is 0 Å². The smallest absolute Gasteiger partial charge is 0.321 e. The van der Waals surface area contributed by atoms with Gasteiger partial charge < -0.3 is 20.4 Å². The minimum Gasteiger partial charge on any atom is -0.370 e. The predicted molar refractivity (Wildman–Crippen MR) is 161 cm³/mol. The third-order valence-corrected chi connectivity index (χ3v) is 7.30. The Kier molecular flexibility index (Phi) is 8.85. The van der Waals surface area contributed by atoms with E-state index in [0.717, 1.165) is 67.5 Å². The van der Waals surface area contributed by atoms with E-state index in [9.17, 15) is 4.79 Å². The minimum absolute atomic E-state index is 0.0564. The third kappa shape index (κ3) is 7.02. The second-order valence-electron chi connectivity index (χ2n) is 10.5. The zero-order valence-electron chi connectivity index (χ0n) is 23.0. The van der Waals surface area contributed by atoms with Gasteiger partial charge in [-0.3, -0.25) is 9.89 Å². The van der Waals surface area contributed by atoms with Crippen LogP contribution in [0.15, 0.2) is 88.4 Å². The third-order valence-electron chi connectivity index (χ3n) is 7.30. The van der Waals surface area contributed by atoms with Crippen molar-refractivity contribution in [2.45, 2.75) is 18.9 Å². The summed E-state index contributed by atoms with van der Waals surface area (Å²) in [7, 11) is 4.20. The minimum atomic E-state index is -0.0564. The van der Waals surface area contributed by atoms with E-state index in [2.05, 4.69) is 64.9 Å². The molecule has 0 radical (unpaired) electrons. The molecular formula is C31H39N7O. The van der Waals surface area contributed by atoms with Gasteiger partial charge in [-0.15, -0.1) is 0 Å². The summed E-state index contributed by atoms with van der Waals surface area (Å²) in [4.78, 5) is 29.5. The van der Waals surface area contributed by atoms with Crippen LogP contribution >= 0.6 is 0 Å². The molecule has 0 bridgehead atoms. The quantitative estimate of drug-likeness (QED) is 0.509. The highest BCUT2D eigenvalue weighted by Crippen LogP contribution is 2.28. The van der Waals surface area contributed by atoms with Crippen LogP contribution in [0.2, 0.25) is 0 Å². The van der Waals surface area contributed by atoms with E-state index in [1.165, 1.54) is 5.57 Å². The fourth-order valence-electron chi connectivity index (χ4n) is 5.16. The average Bonchev–Trinajstić information content (AvgIpc) is 2.96. The topological polar surface area (TPSA) is 75.6 Å². The predicted octanol–water partition coefficient (Wildman–Crippen LogP) is 4.11. The van der Waals surface area contributed by atoms with Crippen LogP contribution in [0.25, 0.3) is 11.1 Å². The maximum absolute atomic E-state index is 13.1. The molecular weight excluding hydrogens is 486 g/mol. The Balaban J connectivity index is 1.16. The number of amidine groups is 2. The number of urea groups is 1. The van der Waals surface area contributed by atoms with Crippen LogP contribution < -0.4 is 10.6 Å². The van der Waals surface area contributed by atoms with E-state index in [4.69, 9.17) is 9.98 Å². The Labute approximate surface area is 231 Å². The molecule has 2 heterocycles. The molecule has 2 aromatic carbocycles. The highest BCUT2D eigenvalue weighted by molar-refractivity contribution is 6.09. The number of piperazine rings is 1. The van der Waals surface area contributed by atoms with Crippen molar-refractivity contribution in [3.8, 4) is 11.1 Å². The number of rotatable bonds is 8. The van der Waals surface area contributed by atoms with Crippen LogP contribution in [0.1, 0.15) is 12.8 Å². The highest BCUT2D eigenvalue weighted by Gasteiger charge is 2.27. The molecule has 1 saturated heterocycles. The molecule has 39 heavy (non-hydrogen) atoms. The van der Waals surface area contributed by atoms with Crippen molar-refractivity contribution >= 4 is 23.4 Å². The van der Waals surface area contributed by atoms with Gasteiger partial charge in [0.05, 0.1) is 18.3 Å². The molecule has 8 heteroatoms. The Morgan fingerprint density at radius 3 is 2.59 bits per heavy atom.